The predicted molar refractivity (Wildman–Crippen MR) is 82.6 cm³/mol. The maximum Gasteiger partial charge on any atom is 0.264 e. The van der Waals surface area contributed by atoms with Gasteiger partial charge in [0.1, 0.15) is 5.75 Å². The smallest absolute Gasteiger partial charge is 0.264 e. The van der Waals surface area contributed by atoms with Crippen LogP contribution in [0.1, 0.15) is 29.3 Å². The van der Waals surface area contributed by atoms with E-state index in [0.717, 1.165) is 30.7 Å². The third kappa shape index (κ3) is 2.23. The Hall–Kier alpha value is -1.81. The molecule has 4 heteroatoms. The monoisotopic (exact) mass is 299 g/mol. The second kappa shape index (κ2) is 5.19. The topological polar surface area (TPSA) is 29.5 Å². The van der Waals surface area contributed by atoms with E-state index in [1.54, 1.807) is 11.3 Å². The molecule has 0 saturated carbocycles. The standard InChI is InChI=1S/C17H17NO2S/c19-17(15-11-12-5-1-2-7-14(12)20-15)18-9-3-6-13(18)16-8-4-10-21-16/h1-2,4-5,7-8,10,13,15H,3,6,9,11H2. The van der Waals surface area contributed by atoms with E-state index in [1.807, 2.05) is 29.2 Å². The third-order valence-corrected chi connectivity index (χ3v) is 5.30. The number of hydrogen-bond donors (Lipinski definition) is 0. The van der Waals surface area contributed by atoms with Crippen LogP contribution in [-0.2, 0) is 11.2 Å². The van der Waals surface area contributed by atoms with Crippen molar-refractivity contribution in [1.29, 1.82) is 0 Å². The first-order chi connectivity index (χ1) is 10.3. The van der Waals surface area contributed by atoms with Crippen molar-refractivity contribution in [3.8, 4) is 5.75 Å². The third-order valence-electron chi connectivity index (χ3n) is 4.33. The van der Waals surface area contributed by atoms with Crippen molar-refractivity contribution in [1.82, 2.24) is 4.90 Å². The van der Waals surface area contributed by atoms with E-state index in [4.69, 9.17) is 4.74 Å². The Balaban J connectivity index is 1.53. The van der Waals surface area contributed by atoms with Gasteiger partial charge in [0.25, 0.3) is 5.91 Å². The highest BCUT2D eigenvalue weighted by atomic mass is 32.1. The molecular formula is C17H17NO2S. The summed E-state index contributed by atoms with van der Waals surface area (Å²) in [5.74, 6) is 1.00. The average Bonchev–Trinajstić information content (AvgIpc) is 3.23. The summed E-state index contributed by atoms with van der Waals surface area (Å²) in [6.45, 7) is 0.845. The minimum atomic E-state index is -0.344. The first kappa shape index (κ1) is 12.9. The normalized spacial score (nSPS) is 23.9. The highest BCUT2D eigenvalue weighted by Crippen LogP contribution is 2.37. The number of thiophene rings is 1. The van der Waals surface area contributed by atoms with Gasteiger partial charge in [-0.3, -0.25) is 4.79 Å². The van der Waals surface area contributed by atoms with Gasteiger partial charge in [-0.15, -0.1) is 11.3 Å². The Labute approximate surface area is 128 Å². The van der Waals surface area contributed by atoms with Crippen LogP contribution in [0.2, 0.25) is 0 Å². The first-order valence-electron chi connectivity index (χ1n) is 7.41. The molecule has 108 valence electrons. The molecule has 2 aliphatic rings. The quantitative estimate of drug-likeness (QED) is 0.850. The maximum absolute atomic E-state index is 12.8. The highest BCUT2D eigenvalue weighted by Gasteiger charge is 2.38. The van der Waals surface area contributed by atoms with Crippen molar-refractivity contribution in [2.24, 2.45) is 0 Å². The Kier molecular flexibility index (Phi) is 3.19. The van der Waals surface area contributed by atoms with Crippen molar-refractivity contribution >= 4 is 17.2 Å². The minimum absolute atomic E-state index is 0.141. The number of benzene rings is 1. The van der Waals surface area contributed by atoms with Crippen LogP contribution in [0, 0.1) is 0 Å². The zero-order valence-corrected chi connectivity index (χ0v) is 12.5. The van der Waals surface area contributed by atoms with Gasteiger partial charge in [-0.2, -0.15) is 0 Å². The Bertz CT molecular complexity index is 628. The van der Waals surface area contributed by atoms with Crippen LogP contribution in [-0.4, -0.2) is 23.5 Å². The van der Waals surface area contributed by atoms with Gasteiger partial charge in [-0.05, 0) is 35.9 Å². The van der Waals surface area contributed by atoms with Crippen LogP contribution in [0.5, 0.6) is 5.75 Å². The molecular weight excluding hydrogens is 282 g/mol. The van der Waals surface area contributed by atoms with Gasteiger partial charge >= 0.3 is 0 Å². The lowest BCUT2D eigenvalue weighted by atomic mass is 10.1. The van der Waals surface area contributed by atoms with E-state index in [1.165, 1.54) is 4.88 Å². The summed E-state index contributed by atoms with van der Waals surface area (Å²) in [7, 11) is 0. The summed E-state index contributed by atoms with van der Waals surface area (Å²) in [6, 6.07) is 12.4. The van der Waals surface area contributed by atoms with Crippen LogP contribution in [0.25, 0.3) is 0 Å². The fraction of sp³-hybridized carbons (Fsp3) is 0.353. The van der Waals surface area contributed by atoms with Crippen molar-refractivity contribution in [2.45, 2.75) is 31.4 Å². The van der Waals surface area contributed by atoms with Crippen LogP contribution in [0.3, 0.4) is 0 Å². The number of ether oxygens (including phenoxy) is 1. The summed E-state index contributed by atoms with van der Waals surface area (Å²) < 4.78 is 5.86. The molecule has 0 spiro atoms. The second-order valence-electron chi connectivity index (χ2n) is 5.62. The fourth-order valence-electron chi connectivity index (χ4n) is 3.31. The van der Waals surface area contributed by atoms with Gasteiger partial charge in [0.15, 0.2) is 6.10 Å². The Morgan fingerprint density at radius 2 is 2.14 bits per heavy atom. The molecule has 1 saturated heterocycles. The summed E-state index contributed by atoms with van der Waals surface area (Å²) in [6.07, 6.45) is 2.49. The molecule has 21 heavy (non-hydrogen) atoms. The molecule has 1 amide bonds. The van der Waals surface area contributed by atoms with E-state index in [0.29, 0.717) is 6.42 Å². The largest absolute Gasteiger partial charge is 0.480 e. The van der Waals surface area contributed by atoms with Crippen molar-refractivity contribution < 1.29 is 9.53 Å². The Morgan fingerprint density at radius 3 is 2.95 bits per heavy atom. The maximum atomic E-state index is 12.8. The number of nitrogens with zero attached hydrogens (tertiary/aromatic N) is 1. The molecule has 2 atom stereocenters. The molecule has 0 aliphatic carbocycles. The minimum Gasteiger partial charge on any atom is -0.480 e. The molecule has 2 unspecified atom stereocenters. The van der Waals surface area contributed by atoms with Crippen LogP contribution >= 0.6 is 11.3 Å². The van der Waals surface area contributed by atoms with Crippen molar-refractivity contribution in [3.05, 3.63) is 52.2 Å². The number of fused-ring (bicyclic) bond motifs is 1. The molecule has 0 bridgehead atoms. The first-order valence-corrected chi connectivity index (χ1v) is 8.29. The zero-order chi connectivity index (χ0) is 14.2. The molecule has 3 heterocycles. The van der Waals surface area contributed by atoms with Crippen LogP contribution < -0.4 is 4.74 Å². The molecule has 2 aliphatic heterocycles. The number of rotatable bonds is 2. The van der Waals surface area contributed by atoms with Crippen molar-refractivity contribution in [3.63, 3.8) is 0 Å². The van der Waals surface area contributed by atoms with Gasteiger partial charge in [-0.1, -0.05) is 24.3 Å². The number of hydrogen-bond acceptors (Lipinski definition) is 3. The number of carbonyl (C=O) groups is 1. The predicted octanol–water partition coefficient (Wildman–Crippen LogP) is 3.42. The van der Waals surface area contributed by atoms with E-state index in [9.17, 15) is 4.79 Å². The summed E-state index contributed by atoms with van der Waals surface area (Å²) in [5, 5.41) is 2.08. The molecule has 2 aromatic rings. The number of likely N-dealkylation sites (tertiary alicyclic amines) is 1. The molecule has 1 fully saturated rings. The fourth-order valence-corrected chi connectivity index (χ4v) is 4.19. The average molecular weight is 299 g/mol. The molecule has 0 radical (unpaired) electrons. The second-order valence-corrected chi connectivity index (χ2v) is 6.60. The molecule has 1 aromatic carbocycles. The molecule has 0 N–H and O–H groups in total. The molecule has 3 nitrogen and oxygen atoms in total. The summed E-state index contributed by atoms with van der Waals surface area (Å²) in [5.41, 5.74) is 1.14. The lowest BCUT2D eigenvalue weighted by molar-refractivity contribution is -0.138. The number of amides is 1. The SMILES string of the molecule is O=C(C1Cc2ccccc2O1)N1CCCC1c1cccs1. The van der Waals surface area contributed by atoms with E-state index < -0.39 is 0 Å². The summed E-state index contributed by atoms with van der Waals surface area (Å²) >= 11 is 1.74. The number of carbonyl (C=O) groups excluding carboxylic acids is 1. The van der Waals surface area contributed by atoms with Gasteiger partial charge < -0.3 is 9.64 Å². The van der Waals surface area contributed by atoms with E-state index >= 15 is 0 Å². The van der Waals surface area contributed by atoms with Gasteiger partial charge in [0, 0.05) is 17.8 Å². The van der Waals surface area contributed by atoms with Gasteiger partial charge in [-0.25, -0.2) is 0 Å². The van der Waals surface area contributed by atoms with Crippen molar-refractivity contribution in [2.75, 3.05) is 6.54 Å². The number of para-hydroxylation sites is 1. The molecule has 4 rings (SSSR count). The zero-order valence-electron chi connectivity index (χ0n) is 11.7. The van der Waals surface area contributed by atoms with E-state index in [-0.39, 0.29) is 18.1 Å². The van der Waals surface area contributed by atoms with Crippen LogP contribution in [0.15, 0.2) is 41.8 Å². The summed E-state index contributed by atoms with van der Waals surface area (Å²) in [4.78, 5) is 16.1. The highest BCUT2D eigenvalue weighted by molar-refractivity contribution is 7.10. The lowest BCUT2D eigenvalue weighted by Crippen LogP contribution is -2.40. The van der Waals surface area contributed by atoms with E-state index in [2.05, 4.69) is 17.5 Å². The molecule has 1 aromatic heterocycles. The van der Waals surface area contributed by atoms with Gasteiger partial charge in [0.05, 0.1) is 6.04 Å². The lowest BCUT2D eigenvalue weighted by Gasteiger charge is -2.26. The van der Waals surface area contributed by atoms with Gasteiger partial charge in [0.2, 0.25) is 0 Å². The van der Waals surface area contributed by atoms with Crippen LogP contribution in [0.4, 0.5) is 0 Å². The Morgan fingerprint density at radius 1 is 1.24 bits per heavy atom.